The number of nitrogens with zero attached hydrogens (tertiary/aromatic N) is 2. The quantitative estimate of drug-likeness (QED) is 0.817. The van der Waals surface area contributed by atoms with Crippen molar-refractivity contribution in [2.24, 2.45) is 0 Å². The maximum Gasteiger partial charge on any atom is 0.340 e. The van der Waals surface area contributed by atoms with E-state index in [0.717, 1.165) is 11.4 Å². The van der Waals surface area contributed by atoms with Crippen molar-refractivity contribution in [2.75, 3.05) is 7.11 Å². The van der Waals surface area contributed by atoms with E-state index >= 15 is 0 Å². The van der Waals surface area contributed by atoms with Gasteiger partial charge in [0.15, 0.2) is 0 Å². The van der Waals surface area contributed by atoms with Crippen LogP contribution in [-0.4, -0.2) is 22.9 Å². The second kappa shape index (κ2) is 5.63. The minimum absolute atomic E-state index is 0.0809. The number of benzene rings is 1. The molecular weight excluding hydrogens is 283 g/mol. The minimum atomic E-state index is -0.691. The van der Waals surface area contributed by atoms with E-state index in [9.17, 15) is 9.18 Å². The molecule has 1 heterocycles. The van der Waals surface area contributed by atoms with Crippen LogP contribution < -0.4 is 0 Å². The molecule has 0 unspecified atom stereocenters. The van der Waals surface area contributed by atoms with Crippen LogP contribution in [0.5, 0.6) is 0 Å². The van der Waals surface area contributed by atoms with Gasteiger partial charge >= 0.3 is 5.97 Å². The van der Waals surface area contributed by atoms with Crippen LogP contribution in [-0.2, 0) is 11.3 Å². The standard InChI is InChI=1S/C14H14ClFN2O2/c1-8-13(15)9(2)18(17-8)7-10-4-5-11(12(16)6-10)14(19)20-3/h4-6H,7H2,1-3H3. The molecule has 0 amide bonds. The summed E-state index contributed by atoms with van der Waals surface area (Å²) in [6, 6.07) is 4.38. The second-order valence-corrected chi connectivity index (χ2v) is 4.83. The Kier molecular flexibility index (Phi) is 4.09. The molecule has 1 aromatic carbocycles. The summed E-state index contributed by atoms with van der Waals surface area (Å²) in [7, 11) is 1.22. The van der Waals surface area contributed by atoms with Gasteiger partial charge < -0.3 is 4.74 Å². The molecule has 0 radical (unpaired) electrons. The molecule has 0 saturated heterocycles. The summed E-state index contributed by atoms with van der Waals surface area (Å²) in [6.07, 6.45) is 0. The number of ether oxygens (including phenoxy) is 1. The van der Waals surface area contributed by atoms with Gasteiger partial charge in [-0.1, -0.05) is 17.7 Å². The summed E-state index contributed by atoms with van der Waals surface area (Å²) in [5.41, 5.74) is 2.16. The molecular formula is C14H14ClFN2O2. The molecule has 0 bridgehead atoms. The van der Waals surface area contributed by atoms with Crippen LogP contribution in [0.4, 0.5) is 4.39 Å². The van der Waals surface area contributed by atoms with E-state index < -0.39 is 11.8 Å². The third-order valence-electron chi connectivity index (χ3n) is 3.06. The van der Waals surface area contributed by atoms with Crippen molar-refractivity contribution in [2.45, 2.75) is 20.4 Å². The summed E-state index contributed by atoms with van der Waals surface area (Å²) in [5.74, 6) is -1.30. The fraction of sp³-hybridized carbons (Fsp3) is 0.286. The number of aromatic nitrogens is 2. The van der Waals surface area contributed by atoms with Gasteiger partial charge in [-0.2, -0.15) is 5.10 Å². The summed E-state index contributed by atoms with van der Waals surface area (Å²) >= 11 is 6.06. The SMILES string of the molecule is COC(=O)c1ccc(Cn2nc(C)c(Cl)c2C)cc1F. The molecule has 2 rings (SSSR count). The van der Waals surface area contributed by atoms with E-state index in [1.165, 1.54) is 19.2 Å². The topological polar surface area (TPSA) is 44.1 Å². The van der Waals surface area contributed by atoms with Crippen molar-refractivity contribution in [1.82, 2.24) is 9.78 Å². The smallest absolute Gasteiger partial charge is 0.340 e. The van der Waals surface area contributed by atoms with E-state index in [1.807, 2.05) is 13.8 Å². The van der Waals surface area contributed by atoms with E-state index in [0.29, 0.717) is 17.1 Å². The van der Waals surface area contributed by atoms with Crippen molar-refractivity contribution in [3.63, 3.8) is 0 Å². The first kappa shape index (κ1) is 14.5. The third-order valence-corrected chi connectivity index (χ3v) is 3.61. The highest BCUT2D eigenvalue weighted by molar-refractivity contribution is 6.31. The van der Waals surface area contributed by atoms with Gasteiger partial charge in [-0.25, -0.2) is 9.18 Å². The first-order valence-corrected chi connectivity index (χ1v) is 6.38. The zero-order chi connectivity index (χ0) is 14.9. The number of aryl methyl sites for hydroxylation is 1. The van der Waals surface area contributed by atoms with E-state index in [4.69, 9.17) is 11.6 Å². The Hall–Kier alpha value is -1.88. The fourth-order valence-corrected chi connectivity index (χ4v) is 2.07. The maximum atomic E-state index is 13.8. The van der Waals surface area contributed by atoms with Gasteiger partial charge in [-0.3, -0.25) is 4.68 Å². The molecule has 2 aromatic rings. The number of esters is 1. The number of carbonyl (C=O) groups is 1. The number of carbonyl (C=O) groups excluding carboxylic acids is 1. The van der Waals surface area contributed by atoms with E-state index in [1.54, 1.807) is 10.7 Å². The molecule has 0 saturated carbocycles. The highest BCUT2D eigenvalue weighted by Gasteiger charge is 2.14. The Bertz CT molecular complexity index is 667. The first-order chi connectivity index (χ1) is 9.43. The molecule has 0 fully saturated rings. The lowest BCUT2D eigenvalue weighted by Crippen LogP contribution is -2.07. The van der Waals surface area contributed by atoms with Crippen molar-refractivity contribution < 1.29 is 13.9 Å². The average molecular weight is 297 g/mol. The number of halogens is 2. The number of hydrogen-bond donors (Lipinski definition) is 0. The molecule has 0 aliphatic heterocycles. The fourth-order valence-electron chi connectivity index (χ4n) is 1.93. The zero-order valence-corrected chi connectivity index (χ0v) is 12.2. The lowest BCUT2D eigenvalue weighted by molar-refractivity contribution is 0.0595. The van der Waals surface area contributed by atoms with Crippen LogP contribution in [0.25, 0.3) is 0 Å². The molecule has 106 valence electrons. The number of hydrogen-bond acceptors (Lipinski definition) is 3. The maximum absolute atomic E-state index is 13.8. The van der Waals surface area contributed by atoms with Crippen molar-refractivity contribution in [3.8, 4) is 0 Å². The lowest BCUT2D eigenvalue weighted by atomic mass is 10.1. The molecule has 0 N–H and O–H groups in total. The Morgan fingerprint density at radius 2 is 2.15 bits per heavy atom. The Morgan fingerprint density at radius 3 is 2.65 bits per heavy atom. The number of methoxy groups -OCH3 is 1. The molecule has 0 aliphatic rings. The van der Waals surface area contributed by atoms with Crippen molar-refractivity contribution in [3.05, 3.63) is 51.6 Å². The van der Waals surface area contributed by atoms with Gasteiger partial charge in [-0.15, -0.1) is 0 Å². The first-order valence-electron chi connectivity index (χ1n) is 6.00. The van der Waals surface area contributed by atoms with E-state index in [-0.39, 0.29) is 5.56 Å². The van der Waals surface area contributed by atoms with Crippen LogP contribution in [0.2, 0.25) is 5.02 Å². The third kappa shape index (κ3) is 2.67. The molecule has 6 heteroatoms. The largest absolute Gasteiger partial charge is 0.465 e. The van der Waals surface area contributed by atoms with Gasteiger partial charge in [0.1, 0.15) is 5.82 Å². The van der Waals surface area contributed by atoms with Crippen LogP contribution in [0.1, 0.15) is 27.3 Å². The molecule has 20 heavy (non-hydrogen) atoms. The predicted octanol–water partition coefficient (Wildman–Crippen LogP) is 3.13. The Labute approximate surface area is 121 Å². The van der Waals surface area contributed by atoms with Gasteiger partial charge in [-0.05, 0) is 31.5 Å². The normalized spacial score (nSPS) is 10.7. The monoisotopic (exact) mass is 296 g/mol. The highest BCUT2D eigenvalue weighted by atomic mass is 35.5. The zero-order valence-electron chi connectivity index (χ0n) is 11.4. The predicted molar refractivity (Wildman–Crippen MR) is 73.6 cm³/mol. The van der Waals surface area contributed by atoms with Crippen LogP contribution in [0.3, 0.4) is 0 Å². The molecule has 0 atom stereocenters. The minimum Gasteiger partial charge on any atom is -0.465 e. The van der Waals surface area contributed by atoms with Crippen molar-refractivity contribution in [1.29, 1.82) is 0 Å². The van der Waals surface area contributed by atoms with Crippen LogP contribution in [0.15, 0.2) is 18.2 Å². The highest BCUT2D eigenvalue weighted by Crippen LogP contribution is 2.20. The van der Waals surface area contributed by atoms with Gasteiger partial charge in [0.05, 0.1) is 35.6 Å². The summed E-state index contributed by atoms with van der Waals surface area (Å²) in [6.45, 7) is 4.05. The van der Waals surface area contributed by atoms with Gasteiger partial charge in [0.25, 0.3) is 0 Å². The average Bonchev–Trinajstić information content (AvgIpc) is 2.66. The Morgan fingerprint density at radius 1 is 1.45 bits per heavy atom. The van der Waals surface area contributed by atoms with Crippen molar-refractivity contribution >= 4 is 17.6 Å². The summed E-state index contributed by atoms with van der Waals surface area (Å²) in [5, 5.41) is 4.89. The lowest BCUT2D eigenvalue weighted by Gasteiger charge is -2.07. The summed E-state index contributed by atoms with van der Waals surface area (Å²) < 4.78 is 20.0. The number of rotatable bonds is 3. The Balaban J connectivity index is 2.29. The molecule has 1 aromatic heterocycles. The van der Waals surface area contributed by atoms with Gasteiger partial charge in [0, 0.05) is 0 Å². The second-order valence-electron chi connectivity index (χ2n) is 4.45. The summed E-state index contributed by atoms with van der Waals surface area (Å²) in [4.78, 5) is 11.3. The molecule has 0 spiro atoms. The van der Waals surface area contributed by atoms with Crippen LogP contribution >= 0.6 is 11.6 Å². The molecule has 4 nitrogen and oxygen atoms in total. The molecule has 0 aliphatic carbocycles. The van der Waals surface area contributed by atoms with Crippen LogP contribution in [0, 0.1) is 19.7 Å². The van der Waals surface area contributed by atoms with Gasteiger partial charge in [0.2, 0.25) is 0 Å². The van der Waals surface area contributed by atoms with E-state index in [2.05, 4.69) is 9.84 Å².